The molecule has 4 nitrogen and oxygen atoms in total. The maximum Gasteiger partial charge on any atom is 0.177 e. The summed E-state index contributed by atoms with van der Waals surface area (Å²) in [4.78, 5) is 0. The molecule has 0 aliphatic carbocycles. The monoisotopic (exact) mass is 341 g/mol. The summed E-state index contributed by atoms with van der Waals surface area (Å²) in [6.45, 7) is 7.58. The van der Waals surface area contributed by atoms with Crippen LogP contribution in [0, 0.1) is 0 Å². The Morgan fingerprint density at radius 3 is 2.60 bits per heavy atom. The molecule has 2 aromatic carbocycles. The lowest BCUT2D eigenvalue weighted by Crippen LogP contribution is -2.43. The molecule has 2 unspecified atom stereocenters. The Morgan fingerprint density at radius 1 is 1.04 bits per heavy atom. The van der Waals surface area contributed by atoms with Crippen LogP contribution in [0.15, 0.2) is 54.6 Å². The van der Waals surface area contributed by atoms with E-state index in [9.17, 15) is 0 Å². The maximum absolute atomic E-state index is 6.26. The van der Waals surface area contributed by atoms with Crippen LogP contribution < -0.4 is 10.1 Å². The van der Waals surface area contributed by atoms with Crippen molar-refractivity contribution in [2.24, 2.45) is 0 Å². The minimum absolute atomic E-state index is 0.0347. The lowest BCUT2D eigenvalue weighted by atomic mass is 10.0. The summed E-state index contributed by atoms with van der Waals surface area (Å²) in [5.74, 6) is 0.866. The third-order valence-electron chi connectivity index (χ3n) is 4.22. The van der Waals surface area contributed by atoms with E-state index in [2.05, 4.69) is 30.4 Å². The summed E-state index contributed by atoms with van der Waals surface area (Å²) < 4.78 is 18.0. The molecule has 1 aliphatic rings. The number of ether oxygens (including phenoxy) is 3. The van der Waals surface area contributed by atoms with Gasteiger partial charge in [-0.25, -0.2) is 0 Å². The first-order valence-electron chi connectivity index (χ1n) is 8.95. The Hall–Kier alpha value is -1.88. The Balaban J connectivity index is 1.71. The number of hydrogen-bond donors (Lipinski definition) is 1. The van der Waals surface area contributed by atoms with Crippen LogP contribution >= 0.6 is 0 Å². The SMILES string of the molecule is CC(C)Oc1cccc([C@@H](C)OC2OCCNC2c2ccccc2)c1. The molecule has 25 heavy (non-hydrogen) atoms. The minimum atomic E-state index is -0.319. The second-order valence-electron chi connectivity index (χ2n) is 6.60. The third-order valence-corrected chi connectivity index (χ3v) is 4.22. The lowest BCUT2D eigenvalue weighted by Gasteiger charge is -2.34. The zero-order valence-corrected chi connectivity index (χ0v) is 15.1. The van der Waals surface area contributed by atoms with Gasteiger partial charge in [0.25, 0.3) is 0 Å². The van der Waals surface area contributed by atoms with Crippen molar-refractivity contribution < 1.29 is 14.2 Å². The molecule has 1 fully saturated rings. The average molecular weight is 341 g/mol. The Bertz CT molecular complexity index is 659. The van der Waals surface area contributed by atoms with Gasteiger partial charge in [-0.15, -0.1) is 0 Å². The predicted octanol–water partition coefficient (Wildman–Crippen LogP) is 4.24. The summed E-state index contributed by atoms with van der Waals surface area (Å²) in [7, 11) is 0. The molecule has 4 heteroatoms. The van der Waals surface area contributed by atoms with Crippen molar-refractivity contribution in [3.05, 3.63) is 65.7 Å². The van der Waals surface area contributed by atoms with Crippen molar-refractivity contribution in [1.82, 2.24) is 5.32 Å². The highest BCUT2D eigenvalue weighted by atomic mass is 16.7. The van der Waals surface area contributed by atoms with Gasteiger partial charge >= 0.3 is 0 Å². The number of morpholine rings is 1. The standard InChI is InChI=1S/C21H27NO3/c1-15(2)24-19-11-7-10-18(14-19)16(3)25-21-20(22-12-13-23-21)17-8-5-4-6-9-17/h4-11,14-16,20-22H,12-13H2,1-3H3/t16-,20?,21?/m1/s1. The quantitative estimate of drug-likeness (QED) is 0.853. The zero-order valence-electron chi connectivity index (χ0n) is 15.1. The number of benzene rings is 2. The van der Waals surface area contributed by atoms with E-state index >= 15 is 0 Å². The maximum atomic E-state index is 6.26. The summed E-state index contributed by atoms with van der Waals surface area (Å²) in [5.41, 5.74) is 2.26. The summed E-state index contributed by atoms with van der Waals surface area (Å²) >= 11 is 0. The molecule has 0 amide bonds. The fourth-order valence-corrected chi connectivity index (χ4v) is 3.03. The van der Waals surface area contributed by atoms with Gasteiger partial charge in [0.2, 0.25) is 0 Å². The van der Waals surface area contributed by atoms with E-state index in [4.69, 9.17) is 14.2 Å². The van der Waals surface area contributed by atoms with Gasteiger partial charge in [0.15, 0.2) is 6.29 Å². The van der Waals surface area contributed by atoms with Crippen molar-refractivity contribution in [1.29, 1.82) is 0 Å². The number of nitrogens with one attached hydrogen (secondary N) is 1. The van der Waals surface area contributed by atoms with Crippen LogP contribution in [-0.2, 0) is 9.47 Å². The zero-order chi connectivity index (χ0) is 17.6. The van der Waals surface area contributed by atoms with E-state index in [1.165, 1.54) is 5.56 Å². The molecule has 0 radical (unpaired) electrons. The number of hydrogen-bond acceptors (Lipinski definition) is 4. The average Bonchev–Trinajstić information content (AvgIpc) is 2.62. The molecule has 3 atom stereocenters. The molecule has 3 rings (SSSR count). The van der Waals surface area contributed by atoms with Crippen molar-refractivity contribution in [3.63, 3.8) is 0 Å². The molecule has 2 aromatic rings. The van der Waals surface area contributed by atoms with Crippen LogP contribution in [-0.4, -0.2) is 25.5 Å². The number of rotatable bonds is 6. The van der Waals surface area contributed by atoms with Crippen molar-refractivity contribution >= 4 is 0 Å². The van der Waals surface area contributed by atoms with E-state index in [0.29, 0.717) is 6.61 Å². The topological polar surface area (TPSA) is 39.7 Å². The molecule has 0 bridgehead atoms. The fraction of sp³-hybridized carbons (Fsp3) is 0.429. The van der Waals surface area contributed by atoms with Crippen LogP contribution in [0.5, 0.6) is 5.75 Å². The van der Waals surface area contributed by atoms with Crippen LogP contribution in [0.3, 0.4) is 0 Å². The van der Waals surface area contributed by atoms with Crippen molar-refractivity contribution in [3.8, 4) is 5.75 Å². The predicted molar refractivity (Wildman–Crippen MR) is 98.6 cm³/mol. The van der Waals surface area contributed by atoms with E-state index in [0.717, 1.165) is 17.9 Å². The van der Waals surface area contributed by atoms with E-state index in [-0.39, 0.29) is 24.5 Å². The van der Waals surface area contributed by atoms with Gasteiger partial charge in [-0.2, -0.15) is 0 Å². The molecule has 1 aliphatic heterocycles. The fourth-order valence-electron chi connectivity index (χ4n) is 3.03. The summed E-state index contributed by atoms with van der Waals surface area (Å²) in [5, 5.41) is 3.51. The molecule has 0 spiro atoms. The van der Waals surface area contributed by atoms with Crippen molar-refractivity contribution in [2.45, 2.75) is 45.3 Å². The van der Waals surface area contributed by atoms with Crippen LogP contribution in [0.2, 0.25) is 0 Å². The van der Waals surface area contributed by atoms with Gasteiger partial charge in [-0.3, -0.25) is 0 Å². The highest BCUT2D eigenvalue weighted by Crippen LogP contribution is 2.29. The van der Waals surface area contributed by atoms with Crippen LogP contribution in [0.4, 0.5) is 0 Å². The van der Waals surface area contributed by atoms with Gasteiger partial charge < -0.3 is 19.5 Å². The first-order valence-corrected chi connectivity index (χ1v) is 8.95. The van der Waals surface area contributed by atoms with Crippen LogP contribution in [0.1, 0.15) is 44.0 Å². The summed E-state index contributed by atoms with van der Waals surface area (Å²) in [6.07, 6.45) is -0.257. The highest BCUT2D eigenvalue weighted by molar-refractivity contribution is 5.30. The molecular weight excluding hydrogens is 314 g/mol. The van der Waals surface area contributed by atoms with E-state index < -0.39 is 0 Å². The molecule has 0 aromatic heterocycles. The smallest absolute Gasteiger partial charge is 0.177 e. The van der Waals surface area contributed by atoms with E-state index in [1.54, 1.807) is 0 Å². The Kier molecular flexibility index (Phi) is 6.08. The van der Waals surface area contributed by atoms with Gasteiger partial charge in [0.05, 0.1) is 24.9 Å². The Labute approximate surface area is 150 Å². The van der Waals surface area contributed by atoms with Crippen LogP contribution in [0.25, 0.3) is 0 Å². The van der Waals surface area contributed by atoms with Crippen molar-refractivity contribution in [2.75, 3.05) is 13.2 Å². The first-order chi connectivity index (χ1) is 12.1. The normalized spacial score (nSPS) is 21.9. The van der Waals surface area contributed by atoms with Gasteiger partial charge in [0.1, 0.15) is 5.75 Å². The second-order valence-corrected chi connectivity index (χ2v) is 6.60. The van der Waals surface area contributed by atoms with Gasteiger partial charge in [-0.1, -0.05) is 42.5 Å². The Morgan fingerprint density at radius 2 is 1.84 bits per heavy atom. The molecule has 1 heterocycles. The van der Waals surface area contributed by atoms with E-state index in [1.807, 2.05) is 50.2 Å². The van der Waals surface area contributed by atoms with Gasteiger partial charge in [0, 0.05) is 6.54 Å². The molecule has 1 saturated heterocycles. The molecule has 1 N–H and O–H groups in total. The largest absolute Gasteiger partial charge is 0.491 e. The van der Waals surface area contributed by atoms with Gasteiger partial charge in [-0.05, 0) is 44.0 Å². The molecule has 134 valence electrons. The highest BCUT2D eigenvalue weighted by Gasteiger charge is 2.29. The second kappa shape index (κ2) is 8.48. The molecular formula is C21H27NO3. The lowest BCUT2D eigenvalue weighted by molar-refractivity contribution is -0.200. The summed E-state index contributed by atoms with van der Waals surface area (Å²) in [6, 6.07) is 18.4. The minimum Gasteiger partial charge on any atom is -0.491 e. The third kappa shape index (κ3) is 4.82. The molecule has 0 saturated carbocycles. The first kappa shape index (κ1) is 17.9.